The van der Waals surface area contributed by atoms with E-state index in [1.807, 2.05) is 0 Å². The van der Waals surface area contributed by atoms with Crippen molar-refractivity contribution in [2.45, 2.75) is 27.3 Å². The number of benzene rings is 1. The number of nitrogens with zero attached hydrogens (tertiary/aromatic N) is 1. The smallest absolute Gasteiger partial charge is 0.104 e. The van der Waals surface area contributed by atoms with Crippen LogP contribution in [0.25, 0.3) is 0 Å². The van der Waals surface area contributed by atoms with Crippen LogP contribution >= 0.6 is 0 Å². The molecule has 3 nitrogen and oxygen atoms in total. The van der Waals surface area contributed by atoms with Crippen LogP contribution in [0.4, 0.5) is 0 Å². The Morgan fingerprint density at radius 3 is 1.78 bits per heavy atom. The second-order valence-electron chi connectivity index (χ2n) is 6.47. The van der Waals surface area contributed by atoms with Gasteiger partial charge in [-0.15, -0.1) is 0 Å². The third kappa shape index (κ3) is 8.76. The summed E-state index contributed by atoms with van der Waals surface area (Å²) in [5, 5.41) is 9.91. The molecule has 0 unspecified atom stereocenters. The third-order valence-corrected chi connectivity index (χ3v) is 2.11. The Hall–Kier alpha value is -1.35. The largest absolute Gasteiger partial charge is 0.550 e. The number of aliphatic carboxylic acids is 1. The zero-order valence-electron chi connectivity index (χ0n) is 12.4. The third-order valence-electron chi connectivity index (χ3n) is 2.11. The fourth-order valence-corrected chi connectivity index (χ4v) is 1.13. The van der Waals surface area contributed by atoms with E-state index in [4.69, 9.17) is 0 Å². The van der Waals surface area contributed by atoms with Gasteiger partial charge >= 0.3 is 0 Å². The fourth-order valence-electron chi connectivity index (χ4n) is 1.13. The summed E-state index contributed by atoms with van der Waals surface area (Å²) in [5.41, 5.74) is 0.708. The van der Waals surface area contributed by atoms with Crippen molar-refractivity contribution in [2.24, 2.45) is 5.41 Å². The summed E-state index contributed by atoms with van der Waals surface area (Å²) in [5.74, 6) is -1.01. The van der Waals surface area contributed by atoms with Crippen molar-refractivity contribution in [1.29, 1.82) is 0 Å². The molecule has 0 spiro atoms. The van der Waals surface area contributed by atoms with Crippen molar-refractivity contribution in [3.8, 4) is 0 Å². The Balaban J connectivity index is 0.000000360. The molecule has 0 fully saturated rings. The molecule has 0 radical (unpaired) electrons. The van der Waals surface area contributed by atoms with Gasteiger partial charge in [-0.3, -0.25) is 0 Å². The van der Waals surface area contributed by atoms with Gasteiger partial charge in [-0.2, -0.15) is 0 Å². The van der Waals surface area contributed by atoms with E-state index in [0.717, 1.165) is 11.0 Å². The number of carbonyl (C=O) groups is 1. The van der Waals surface area contributed by atoms with E-state index < -0.39 is 11.4 Å². The number of carboxylic acids is 1. The van der Waals surface area contributed by atoms with Crippen LogP contribution in [0.3, 0.4) is 0 Å². The molecule has 0 saturated carbocycles. The number of rotatable bonds is 2. The normalized spacial score (nSPS) is 11.4. The Morgan fingerprint density at radius 1 is 1.11 bits per heavy atom. The van der Waals surface area contributed by atoms with Gasteiger partial charge in [0.1, 0.15) is 6.54 Å². The molecule has 1 aromatic carbocycles. The quantitative estimate of drug-likeness (QED) is 0.750. The van der Waals surface area contributed by atoms with Crippen LogP contribution in [0.1, 0.15) is 26.3 Å². The molecule has 0 N–H and O–H groups in total. The molecule has 0 saturated heterocycles. The van der Waals surface area contributed by atoms with Gasteiger partial charge in [0.25, 0.3) is 0 Å². The molecule has 1 aromatic rings. The average Bonchev–Trinajstić information content (AvgIpc) is 2.15. The minimum Gasteiger partial charge on any atom is -0.550 e. The lowest BCUT2D eigenvalue weighted by Crippen LogP contribution is -2.35. The Morgan fingerprint density at radius 2 is 1.50 bits per heavy atom. The van der Waals surface area contributed by atoms with Gasteiger partial charge in [0, 0.05) is 16.9 Å². The highest BCUT2D eigenvalue weighted by Crippen LogP contribution is 2.09. The predicted molar refractivity (Wildman–Crippen MR) is 72.6 cm³/mol. The minimum absolute atomic E-state index is 0.694. The van der Waals surface area contributed by atoms with Crippen LogP contribution in [0, 0.1) is 5.41 Å². The first-order valence-electron chi connectivity index (χ1n) is 6.08. The standard InChI is InChI=1S/C10H16N.C5H10O2/c1-11(2,3)9-10-7-5-4-6-8-10;1-5(2,3)4(6)7/h4-8H,9H2,1-3H3;1-3H3,(H,6,7)/q+1;/p-1. The Kier molecular flexibility index (Phi) is 6.06. The predicted octanol–water partition coefficient (Wildman–Crippen LogP) is 1.68. The minimum atomic E-state index is -1.01. The zero-order valence-corrected chi connectivity index (χ0v) is 12.4. The summed E-state index contributed by atoms with van der Waals surface area (Å²) >= 11 is 0. The first-order chi connectivity index (χ1) is 8.02. The number of hydrogen-bond acceptors (Lipinski definition) is 2. The van der Waals surface area contributed by atoms with Crippen LogP contribution in [0.2, 0.25) is 0 Å². The molecule has 1 rings (SSSR count). The summed E-state index contributed by atoms with van der Waals surface area (Å²) in [6.45, 7) is 5.90. The maximum absolute atomic E-state index is 9.91. The molecule has 3 heteroatoms. The molecular weight excluding hydrogens is 226 g/mol. The number of hydrogen-bond donors (Lipinski definition) is 0. The molecule has 0 bridgehead atoms. The molecule has 0 aliphatic rings. The summed E-state index contributed by atoms with van der Waals surface area (Å²) in [6, 6.07) is 10.6. The van der Waals surface area contributed by atoms with E-state index in [-0.39, 0.29) is 0 Å². The Bertz CT molecular complexity index is 358. The second kappa shape index (κ2) is 6.55. The van der Waals surface area contributed by atoms with Crippen molar-refractivity contribution in [3.63, 3.8) is 0 Å². The van der Waals surface area contributed by atoms with Crippen LogP contribution in [0.15, 0.2) is 30.3 Å². The number of carbonyl (C=O) groups excluding carboxylic acids is 1. The highest BCUT2D eigenvalue weighted by molar-refractivity contribution is 5.70. The van der Waals surface area contributed by atoms with E-state index in [9.17, 15) is 9.90 Å². The molecule has 0 aliphatic carbocycles. The lowest BCUT2D eigenvalue weighted by molar-refractivity contribution is -0.884. The first-order valence-corrected chi connectivity index (χ1v) is 6.08. The van der Waals surface area contributed by atoms with Crippen molar-refractivity contribution in [1.82, 2.24) is 0 Å². The topological polar surface area (TPSA) is 40.1 Å². The summed E-state index contributed by atoms with van der Waals surface area (Å²) in [7, 11) is 6.60. The molecule has 18 heavy (non-hydrogen) atoms. The van der Waals surface area contributed by atoms with Gasteiger partial charge in [-0.05, 0) is 0 Å². The van der Waals surface area contributed by atoms with Crippen LogP contribution in [0.5, 0.6) is 0 Å². The maximum atomic E-state index is 9.91. The average molecular weight is 251 g/mol. The van der Waals surface area contributed by atoms with Crippen molar-refractivity contribution < 1.29 is 14.4 Å². The van der Waals surface area contributed by atoms with E-state index in [1.54, 1.807) is 20.8 Å². The molecule has 0 amide bonds. The molecular formula is C15H25NO2. The summed E-state index contributed by atoms with van der Waals surface area (Å²) < 4.78 is 0.990. The van der Waals surface area contributed by atoms with Gasteiger partial charge in [-0.25, -0.2) is 0 Å². The molecule has 0 heterocycles. The van der Waals surface area contributed by atoms with E-state index in [0.29, 0.717) is 0 Å². The van der Waals surface area contributed by atoms with Crippen molar-refractivity contribution in [2.75, 3.05) is 21.1 Å². The molecule has 102 valence electrons. The van der Waals surface area contributed by atoms with E-state index in [1.165, 1.54) is 5.56 Å². The lowest BCUT2D eigenvalue weighted by Gasteiger charge is -2.23. The molecule has 0 aliphatic heterocycles. The Labute approximate surface area is 111 Å². The monoisotopic (exact) mass is 251 g/mol. The van der Waals surface area contributed by atoms with E-state index >= 15 is 0 Å². The van der Waals surface area contributed by atoms with E-state index in [2.05, 4.69) is 51.5 Å². The summed E-state index contributed by atoms with van der Waals surface area (Å²) in [4.78, 5) is 9.91. The van der Waals surface area contributed by atoms with Gasteiger partial charge in [0.2, 0.25) is 0 Å². The number of carboxylic acid groups (broad SMARTS) is 1. The fraction of sp³-hybridized carbons (Fsp3) is 0.533. The highest BCUT2D eigenvalue weighted by atomic mass is 16.4. The van der Waals surface area contributed by atoms with Crippen molar-refractivity contribution in [3.05, 3.63) is 35.9 Å². The highest BCUT2D eigenvalue weighted by Gasteiger charge is 2.09. The SMILES string of the molecule is CC(C)(C)C(=O)[O-].C[N+](C)(C)Cc1ccccc1. The zero-order chi connectivity index (χ0) is 14.4. The second-order valence-corrected chi connectivity index (χ2v) is 6.47. The molecule has 0 atom stereocenters. The van der Waals surface area contributed by atoms with Gasteiger partial charge in [-0.1, -0.05) is 51.1 Å². The van der Waals surface area contributed by atoms with Crippen LogP contribution < -0.4 is 5.11 Å². The van der Waals surface area contributed by atoms with Gasteiger partial charge in [0.05, 0.1) is 21.1 Å². The molecule has 0 aromatic heterocycles. The van der Waals surface area contributed by atoms with Crippen LogP contribution in [-0.2, 0) is 11.3 Å². The number of quaternary nitrogens is 1. The van der Waals surface area contributed by atoms with Crippen LogP contribution in [-0.4, -0.2) is 31.6 Å². The lowest BCUT2D eigenvalue weighted by atomic mass is 9.98. The van der Waals surface area contributed by atoms with Gasteiger partial charge < -0.3 is 14.4 Å². The summed E-state index contributed by atoms with van der Waals surface area (Å²) in [6.07, 6.45) is 0. The maximum Gasteiger partial charge on any atom is 0.104 e. The van der Waals surface area contributed by atoms with Gasteiger partial charge in [0.15, 0.2) is 0 Å². The van der Waals surface area contributed by atoms with Crippen molar-refractivity contribution >= 4 is 5.97 Å². The first kappa shape index (κ1) is 16.6.